The van der Waals surface area contributed by atoms with Crippen LogP contribution in [0.4, 0.5) is 15.2 Å². The smallest absolute Gasteiger partial charge is 0.230 e. The minimum atomic E-state index is -0.523. The van der Waals surface area contributed by atoms with Crippen molar-refractivity contribution in [2.45, 2.75) is 13.3 Å². The van der Waals surface area contributed by atoms with E-state index in [-0.39, 0.29) is 23.8 Å². The number of nitrogens with zero attached hydrogens (tertiary/aromatic N) is 1. The summed E-state index contributed by atoms with van der Waals surface area (Å²) in [5.74, 6) is -1.08. The summed E-state index contributed by atoms with van der Waals surface area (Å²) in [5.41, 5.74) is 1.74. The van der Waals surface area contributed by atoms with Gasteiger partial charge in [-0.3, -0.25) is 9.59 Å². The van der Waals surface area contributed by atoms with Gasteiger partial charge in [-0.1, -0.05) is 29.3 Å². The van der Waals surface area contributed by atoms with Gasteiger partial charge in [0.1, 0.15) is 5.82 Å². The van der Waals surface area contributed by atoms with Crippen molar-refractivity contribution in [1.82, 2.24) is 4.98 Å². The van der Waals surface area contributed by atoms with Gasteiger partial charge in [0.2, 0.25) is 11.8 Å². The molecule has 2 aromatic carbocycles. The molecule has 0 radical (unpaired) electrons. The fourth-order valence-electron chi connectivity index (χ4n) is 2.46. The fraction of sp³-hybridized carbons (Fsp3) is 0.105. The molecule has 0 saturated carbocycles. The molecule has 0 fully saturated rings. The molecule has 28 heavy (non-hydrogen) atoms. The second-order valence-electron chi connectivity index (χ2n) is 5.89. The molecule has 9 heteroatoms. The molecular weight excluding hydrogens is 424 g/mol. The average Bonchev–Trinajstić information content (AvgIpc) is 3.05. The molecule has 0 atom stereocenters. The van der Waals surface area contributed by atoms with Crippen molar-refractivity contribution in [2.75, 3.05) is 10.6 Å². The van der Waals surface area contributed by atoms with E-state index in [9.17, 15) is 14.0 Å². The van der Waals surface area contributed by atoms with Crippen LogP contribution in [0.2, 0.25) is 10.0 Å². The van der Waals surface area contributed by atoms with Gasteiger partial charge >= 0.3 is 0 Å². The minimum absolute atomic E-state index is 0.103. The quantitative estimate of drug-likeness (QED) is 0.561. The topological polar surface area (TPSA) is 71.1 Å². The molecule has 0 unspecified atom stereocenters. The van der Waals surface area contributed by atoms with Crippen molar-refractivity contribution < 1.29 is 14.0 Å². The van der Waals surface area contributed by atoms with Crippen LogP contribution >= 0.6 is 34.5 Å². The zero-order valence-electron chi connectivity index (χ0n) is 14.6. The molecular formula is C19H14Cl2FN3O2S. The highest BCUT2D eigenvalue weighted by Crippen LogP contribution is 2.29. The number of carbonyl (C=O) groups excluding carboxylic acids is 2. The highest BCUT2D eigenvalue weighted by Gasteiger charge is 2.13. The molecule has 1 aromatic heterocycles. The van der Waals surface area contributed by atoms with E-state index in [1.54, 1.807) is 29.6 Å². The first-order chi connectivity index (χ1) is 13.3. The molecule has 0 aliphatic heterocycles. The summed E-state index contributed by atoms with van der Waals surface area (Å²) in [5, 5.41) is 7.99. The molecule has 3 rings (SSSR count). The number of nitrogens with one attached hydrogen (secondary N) is 2. The Morgan fingerprint density at radius 2 is 1.89 bits per heavy atom. The van der Waals surface area contributed by atoms with Crippen molar-refractivity contribution in [3.05, 3.63) is 63.2 Å². The first kappa shape index (κ1) is 20.3. The minimum Gasteiger partial charge on any atom is -0.326 e. The predicted molar refractivity (Wildman–Crippen MR) is 111 cm³/mol. The van der Waals surface area contributed by atoms with Crippen LogP contribution in [0.25, 0.3) is 11.3 Å². The van der Waals surface area contributed by atoms with Crippen LogP contribution in [0.3, 0.4) is 0 Å². The summed E-state index contributed by atoms with van der Waals surface area (Å²) in [6, 6.07) is 9.30. The van der Waals surface area contributed by atoms with Crippen LogP contribution in [-0.4, -0.2) is 16.8 Å². The summed E-state index contributed by atoms with van der Waals surface area (Å²) in [6.07, 6.45) is 0.103. The van der Waals surface area contributed by atoms with E-state index in [4.69, 9.17) is 23.2 Å². The summed E-state index contributed by atoms with van der Waals surface area (Å²) in [6.45, 7) is 1.35. The number of halogens is 3. The SMILES string of the molecule is CC(=O)Nc1ccc(-c2csc(NC(=O)Cc3ccc(Cl)c(Cl)c3)n2)c(F)c1. The number of amides is 2. The second-order valence-corrected chi connectivity index (χ2v) is 7.56. The van der Waals surface area contributed by atoms with E-state index >= 15 is 0 Å². The zero-order valence-corrected chi connectivity index (χ0v) is 16.9. The first-order valence-corrected chi connectivity index (χ1v) is 9.72. The maximum absolute atomic E-state index is 14.3. The van der Waals surface area contributed by atoms with Gasteiger partial charge in [0.25, 0.3) is 0 Å². The molecule has 144 valence electrons. The van der Waals surface area contributed by atoms with Gasteiger partial charge in [-0.25, -0.2) is 9.37 Å². The molecule has 0 spiro atoms. The zero-order chi connectivity index (χ0) is 20.3. The lowest BCUT2D eigenvalue weighted by Gasteiger charge is -2.05. The molecule has 2 N–H and O–H groups in total. The maximum Gasteiger partial charge on any atom is 0.230 e. The van der Waals surface area contributed by atoms with Gasteiger partial charge in [-0.05, 0) is 35.9 Å². The molecule has 1 heterocycles. The number of benzene rings is 2. The van der Waals surface area contributed by atoms with Crippen LogP contribution in [-0.2, 0) is 16.0 Å². The van der Waals surface area contributed by atoms with Gasteiger partial charge in [-0.15, -0.1) is 11.3 Å². The van der Waals surface area contributed by atoms with E-state index in [0.29, 0.717) is 32.1 Å². The molecule has 2 amide bonds. The van der Waals surface area contributed by atoms with E-state index in [0.717, 1.165) is 0 Å². The lowest BCUT2D eigenvalue weighted by atomic mass is 10.1. The van der Waals surface area contributed by atoms with Crippen LogP contribution in [0.15, 0.2) is 41.8 Å². The third kappa shape index (κ3) is 5.07. The molecule has 0 saturated heterocycles. The highest BCUT2D eigenvalue weighted by molar-refractivity contribution is 7.14. The van der Waals surface area contributed by atoms with Crippen LogP contribution in [0, 0.1) is 5.82 Å². The lowest BCUT2D eigenvalue weighted by Crippen LogP contribution is -2.14. The van der Waals surface area contributed by atoms with Crippen LogP contribution in [0.1, 0.15) is 12.5 Å². The Labute approximate surface area is 174 Å². The molecule has 0 bridgehead atoms. The third-order valence-corrected chi connectivity index (χ3v) is 5.16. The monoisotopic (exact) mass is 437 g/mol. The molecule has 5 nitrogen and oxygen atoms in total. The lowest BCUT2D eigenvalue weighted by molar-refractivity contribution is -0.116. The van der Waals surface area contributed by atoms with E-state index < -0.39 is 5.82 Å². The summed E-state index contributed by atoms with van der Waals surface area (Å²) in [7, 11) is 0. The Morgan fingerprint density at radius 1 is 1.11 bits per heavy atom. The van der Waals surface area contributed by atoms with E-state index in [1.807, 2.05) is 0 Å². The highest BCUT2D eigenvalue weighted by atomic mass is 35.5. The van der Waals surface area contributed by atoms with Crippen molar-refractivity contribution in [3.8, 4) is 11.3 Å². The van der Waals surface area contributed by atoms with Crippen molar-refractivity contribution in [2.24, 2.45) is 0 Å². The Balaban J connectivity index is 1.69. The van der Waals surface area contributed by atoms with Gasteiger partial charge in [0.05, 0.1) is 22.2 Å². The van der Waals surface area contributed by atoms with Gasteiger partial charge in [0.15, 0.2) is 5.13 Å². The number of anilines is 2. The number of hydrogen-bond acceptors (Lipinski definition) is 4. The fourth-order valence-corrected chi connectivity index (χ4v) is 3.50. The number of carbonyl (C=O) groups is 2. The number of aromatic nitrogens is 1. The predicted octanol–water partition coefficient (Wildman–Crippen LogP) is 5.40. The number of hydrogen-bond donors (Lipinski definition) is 2. The van der Waals surface area contributed by atoms with Crippen molar-refractivity contribution in [1.29, 1.82) is 0 Å². The Bertz CT molecular complexity index is 1060. The normalized spacial score (nSPS) is 10.6. The first-order valence-electron chi connectivity index (χ1n) is 8.08. The van der Waals surface area contributed by atoms with Crippen LogP contribution < -0.4 is 10.6 Å². The Kier molecular flexibility index (Phi) is 6.28. The largest absolute Gasteiger partial charge is 0.326 e. The molecule has 0 aliphatic carbocycles. The molecule has 0 aliphatic rings. The van der Waals surface area contributed by atoms with Crippen LogP contribution in [0.5, 0.6) is 0 Å². The number of rotatable bonds is 5. The Morgan fingerprint density at radius 3 is 2.57 bits per heavy atom. The standard InChI is InChI=1S/C19H14Cl2FN3O2S/c1-10(26)23-12-3-4-13(16(22)8-12)17-9-28-19(24-17)25-18(27)7-11-2-5-14(20)15(21)6-11/h2-6,8-9H,7H2,1H3,(H,23,26)(H,24,25,27). The summed E-state index contributed by atoms with van der Waals surface area (Å²) in [4.78, 5) is 27.5. The van der Waals surface area contributed by atoms with E-state index in [2.05, 4.69) is 15.6 Å². The summed E-state index contributed by atoms with van der Waals surface area (Å²) < 4.78 is 14.3. The summed E-state index contributed by atoms with van der Waals surface area (Å²) >= 11 is 13.0. The second kappa shape index (κ2) is 8.68. The van der Waals surface area contributed by atoms with E-state index in [1.165, 1.54) is 30.4 Å². The van der Waals surface area contributed by atoms with Gasteiger partial charge in [-0.2, -0.15) is 0 Å². The number of thiazole rings is 1. The molecule has 3 aromatic rings. The van der Waals surface area contributed by atoms with Gasteiger partial charge in [0, 0.05) is 23.6 Å². The van der Waals surface area contributed by atoms with Crippen molar-refractivity contribution >= 4 is 57.2 Å². The van der Waals surface area contributed by atoms with Crippen molar-refractivity contribution in [3.63, 3.8) is 0 Å². The average molecular weight is 438 g/mol. The maximum atomic E-state index is 14.3. The third-order valence-electron chi connectivity index (χ3n) is 3.66. The Hall–Kier alpha value is -2.48. The van der Waals surface area contributed by atoms with Gasteiger partial charge < -0.3 is 10.6 Å².